The summed E-state index contributed by atoms with van der Waals surface area (Å²) in [4.78, 5) is 25.1. The highest BCUT2D eigenvalue weighted by Gasteiger charge is 2.95. The molecule has 0 bridgehead atoms. The number of carbonyl (C=O) groups excluding carboxylic acids is 2. The summed E-state index contributed by atoms with van der Waals surface area (Å²) in [6.07, 6.45) is -11.5. The molecule has 0 aliphatic carbocycles. The minimum absolute atomic E-state index is 0.0286. The van der Waals surface area contributed by atoms with Crippen molar-refractivity contribution >= 4 is 26.1 Å². The number of esters is 1. The lowest BCUT2D eigenvalue weighted by atomic mass is 9.88. The van der Waals surface area contributed by atoms with E-state index in [2.05, 4.69) is 5.32 Å². The number of nitrogens with one attached hydrogen (secondary N) is 1. The maximum absolute atomic E-state index is 15.0. The number of halogens is 19. The molecule has 0 aromatic heterocycles. The molecule has 0 saturated carbocycles. The van der Waals surface area contributed by atoms with Crippen LogP contribution in [0.25, 0.3) is 0 Å². The normalized spacial score (nSPS) is 15.1. The molecule has 0 aliphatic heterocycles. The third-order valence-electron chi connectivity index (χ3n) is 10.5. The number of hydrogen-bond acceptors (Lipinski definition) is 6. The van der Waals surface area contributed by atoms with Crippen molar-refractivity contribution in [1.29, 1.82) is 0 Å². The van der Waals surface area contributed by atoms with Gasteiger partial charge in [-0.25, -0.2) is 18.4 Å². The Balaban J connectivity index is 2.34. The van der Waals surface area contributed by atoms with E-state index in [0.717, 1.165) is 12.1 Å². The molecular formula is C40H44F19NO6Si. The van der Waals surface area contributed by atoms with Crippen LogP contribution < -0.4 is 10.1 Å². The molecule has 0 unspecified atom stereocenters. The zero-order valence-electron chi connectivity index (χ0n) is 36.1. The molecule has 27 heteroatoms. The van der Waals surface area contributed by atoms with Gasteiger partial charge in [-0.3, -0.25) is 5.32 Å². The van der Waals surface area contributed by atoms with E-state index < -0.39 is 134 Å². The Morgan fingerprint density at radius 3 is 1.64 bits per heavy atom. The van der Waals surface area contributed by atoms with E-state index in [1.165, 1.54) is 71.9 Å². The van der Waals surface area contributed by atoms with Crippen molar-refractivity contribution in [3.05, 3.63) is 71.3 Å². The predicted molar refractivity (Wildman–Crippen MR) is 203 cm³/mol. The highest BCUT2D eigenvalue weighted by atomic mass is 28.4. The average molecular weight is 1020 g/mol. The van der Waals surface area contributed by atoms with Crippen LogP contribution >= 0.6 is 0 Å². The smallest absolute Gasteiger partial charge is 0.460 e. The summed E-state index contributed by atoms with van der Waals surface area (Å²) in [7, 11) is -4.06. The highest BCUT2D eigenvalue weighted by molar-refractivity contribution is 6.76. The lowest BCUT2D eigenvalue weighted by Gasteiger charge is -2.44. The maximum atomic E-state index is 15.0. The Labute approximate surface area is 371 Å². The summed E-state index contributed by atoms with van der Waals surface area (Å²) < 4.78 is 285. The number of ether oxygens (including phenoxy) is 3. The first-order valence-corrected chi connectivity index (χ1v) is 21.9. The maximum Gasteiger partial charge on any atom is 0.460 e. The van der Waals surface area contributed by atoms with Crippen LogP contribution in [0.3, 0.4) is 0 Å². The van der Waals surface area contributed by atoms with E-state index >= 15 is 8.78 Å². The third-order valence-corrected chi connectivity index (χ3v) is 16.2. The Morgan fingerprint density at radius 1 is 0.687 bits per heavy atom. The SMILES string of the molecule is CCOC(=O)/C(C)=C/[C@@H](C)[C@@H](OC(=O)Nc1ccc(F)cc1F)c1ccc(OCCO[Si](CCC(F)(F)C(F)(F)C(F)(F)C(F)(F)C(F)(F)C(F)(F)C(F)(F)C(F)(F)F)(C(C)C)C(C)C)cc1. The van der Waals surface area contributed by atoms with Crippen molar-refractivity contribution < 1.29 is 112 Å². The molecular weight excluding hydrogens is 979 g/mol. The van der Waals surface area contributed by atoms with E-state index in [0.29, 0.717) is 6.07 Å². The fraction of sp³-hybridized carbons (Fsp3) is 0.600. The summed E-state index contributed by atoms with van der Waals surface area (Å²) in [6, 6.07) is 6.23. The Bertz CT molecular complexity index is 2020. The van der Waals surface area contributed by atoms with Crippen molar-refractivity contribution in [2.24, 2.45) is 5.92 Å². The number of benzene rings is 2. The first-order chi connectivity index (χ1) is 30.2. The molecule has 0 heterocycles. The first kappa shape index (κ1) is 58.7. The molecule has 1 amide bonds. The number of hydrogen-bond donors (Lipinski definition) is 1. The van der Waals surface area contributed by atoms with Gasteiger partial charge in [0.2, 0.25) is 0 Å². The second kappa shape index (κ2) is 21.1. The van der Waals surface area contributed by atoms with Gasteiger partial charge in [0.05, 0.1) is 18.9 Å². The summed E-state index contributed by atoms with van der Waals surface area (Å²) in [5.74, 6) is -60.6. The highest BCUT2D eigenvalue weighted by Crippen LogP contribution is 2.64. The van der Waals surface area contributed by atoms with Gasteiger partial charge in [-0.15, -0.1) is 0 Å². The molecule has 0 fully saturated rings. The van der Waals surface area contributed by atoms with Gasteiger partial charge >= 0.3 is 59.7 Å². The molecule has 0 radical (unpaired) electrons. The molecule has 382 valence electrons. The summed E-state index contributed by atoms with van der Waals surface area (Å²) in [5.41, 5.74) is -1.96. The van der Waals surface area contributed by atoms with Crippen LogP contribution in [0.5, 0.6) is 5.75 Å². The molecule has 2 aromatic carbocycles. The number of anilines is 1. The van der Waals surface area contributed by atoms with Crippen molar-refractivity contribution in [1.82, 2.24) is 0 Å². The van der Waals surface area contributed by atoms with Crippen molar-refractivity contribution in [3.8, 4) is 5.75 Å². The lowest BCUT2D eigenvalue weighted by molar-refractivity contribution is -0.461. The lowest BCUT2D eigenvalue weighted by Crippen LogP contribution is -2.74. The minimum Gasteiger partial charge on any atom is -0.491 e. The topological polar surface area (TPSA) is 83.1 Å². The fourth-order valence-electron chi connectivity index (χ4n) is 6.62. The Morgan fingerprint density at radius 2 is 1.18 bits per heavy atom. The number of amides is 1. The van der Waals surface area contributed by atoms with Gasteiger partial charge in [-0.2, -0.15) is 74.6 Å². The number of alkyl halides is 17. The number of carbonyl (C=O) groups is 2. The average Bonchev–Trinajstić information content (AvgIpc) is 3.19. The van der Waals surface area contributed by atoms with E-state index in [1.807, 2.05) is 0 Å². The predicted octanol–water partition coefficient (Wildman–Crippen LogP) is 14.0. The second-order valence-corrected chi connectivity index (χ2v) is 20.7. The summed E-state index contributed by atoms with van der Waals surface area (Å²) in [6.45, 7) is 8.60. The summed E-state index contributed by atoms with van der Waals surface area (Å²) in [5, 5.41) is 2.12. The van der Waals surface area contributed by atoms with Crippen LogP contribution in [-0.2, 0) is 18.7 Å². The number of rotatable bonds is 23. The van der Waals surface area contributed by atoms with Crippen LogP contribution in [0, 0.1) is 17.6 Å². The van der Waals surface area contributed by atoms with Gasteiger partial charge < -0.3 is 18.6 Å². The third kappa shape index (κ3) is 11.9. The van der Waals surface area contributed by atoms with Gasteiger partial charge in [0.25, 0.3) is 0 Å². The largest absolute Gasteiger partial charge is 0.491 e. The van der Waals surface area contributed by atoms with E-state index in [1.54, 1.807) is 6.92 Å². The summed E-state index contributed by atoms with van der Waals surface area (Å²) >= 11 is 0. The van der Waals surface area contributed by atoms with Gasteiger partial charge in [-0.05, 0) is 60.8 Å². The van der Waals surface area contributed by atoms with Crippen LogP contribution in [0.1, 0.15) is 66.6 Å². The molecule has 0 saturated heterocycles. The Hall–Kier alpha value is -4.43. The standard InChI is InChI=1S/C40H44F19NO6Si/c1-8-63-31(61)24(7)19-23(6)30(66-32(62)60-29-14-11-26(41)20-28(29)42)25-9-12-27(13-10-25)64-16-17-65-67(21(2)3,22(4)5)18-15-33(43,44)34(45,46)35(47,48)36(49,50)37(51,52)38(53,54)39(55,56)40(57,58)59/h9-14,19-23,30H,8,15-18H2,1-7H3,(H,60,62)/b24-19+/t23-,30-/m1/s1. The monoisotopic (exact) mass is 1020 g/mol. The molecule has 2 rings (SSSR count). The molecule has 0 spiro atoms. The Kier molecular flexibility index (Phi) is 18.4. The quantitative estimate of drug-likeness (QED) is 0.0393. The minimum atomic E-state index is -8.72. The van der Waals surface area contributed by atoms with Gasteiger partial charge in [0.15, 0.2) is 8.32 Å². The van der Waals surface area contributed by atoms with Crippen molar-refractivity contribution in [2.45, 2.75) is 126 Å². The van der Waals surface area contributed by atoms with Crippen molar-refractivity contribution in [2.75, 3.05) is 25.1 Å². The van der Waals surface area contributed by atoms with Crippen LogP contribution in [0.15, 0.2) is 54.1 Å². The zero-order chi connectivity index (χ0) is 52.2. The van der Waals surface area contributed by atoms with Crippen molar-refractivity contribution in [3.63, 3.8) is 0 Å². The molecule has 67 heavy (non-hydrogen) atoms. The van der Waals surface area contributed by atoms with Gasteiger partial charge in [-0.1, -0.05) is 52.8 Å². The van der Waals surface area contributed by atoms with E-state index in [4.69, 9.17) is 18.6 Å². The fourth-order valence-corrected chi connectivity index (χ4v) is 11.1. The van der Waals surface area contributed by atoms with Crippen LogP contribution in [-0.4, -0.2) is 87.8 Å². The molecule has 1 N–H and O–H groups in total. The molecule has 2 atom stereocenters. The second-order valence-electron chi connectivity index (χ2n) is 15.7. The zero-order valence-corrected chi connectivity index (χ0v) is 37.1. The van der Waals surface area contributed by atoms with Gasteiger partial charge in [0, 0.05) is 24.0 Å². The van der Waals surface area contributed by atoms with Crippen LogP contribution in [0.4, 0.5) is 93.9 Å². The first-order valence-electron chi connectivity index (χ1n) is 19.6. The van der Waals surface area contributed by atoms with E-state index in [-0.39, 0.29) is 23.5 Å². The van der Waals surface area contributed by atoms with Crippen LogP contribution in [0.2, 0.25) is 17.1 Å². The molecule has 0 aliphatic rings. The van der Waals surface area contributed by atoms with Gasteiger partial charge in [0.1, 0.15) is 30.1 Å². The molecule has 7 nitrogen and oxygen atoms in total. The molecule has 2 aromatic rings. The van der Waals surface area contributed by atoms with E-state index in [9.17, 15) is 84.2 Å².